The highest BCUT2D eigenvalue weighted by Crippen LogP contribution is 2.29. The SMILES string of the molecule is CCC1CCC(N(C)Cc2cc(F)cc(C(=O)O)c2)CC1. The zero-order valence-electron chi connectivity index (χ0n) is 12.8. The molecule has 1 aliphatic carbocycles. The number of nitrogens with zero attached hydrogens (tertiary/aromatic N) is 1. The third-order valence-electron chi connectivity index (χ3n) is 4.65. The van der Waals surface area contributed by atoms with Gasteiger partial charge >= 0.3 is 5.97 Å². The highest BCUT2D eigenvalue weighted by Gasteiger charge is 2.23. The minimum atomic E-state index is -1.08. The molecule has 0 aliphatic heterocycles. The van der Waals surface area contributed by atoms with E-state index in [1.54, 1.807) is 6.07 Å². The van der Waals surface area contributed by atoms with Gasteiger partial charge in [0.2, 0.25) is 0 Å². The van der Waals surface area contributed by atoms with Gasteiger partial charge in [-0.3, -0.25) is 4.90 Å². The van der Waals surface area contributed by atoms with E-state index in [4.69, 9.17) is 5.11 Å². The van der Waals surface area contributed by atoms with Crippen LogP contribution in [-0.2, 0) is 6.54 Å². The number of benzene rings is 1. The zero-order chi connectivity index (χ0) is 15.4. The Morgan fingerprint density at radius 1 is 1.29 bits per heavy atom. The molecule has 1 aromatic carbocycles. The Kier molecular flexibility index (Phi) is 5.34. The van der Waals surface area contributed by atoms with Gasteiger partial charge in [-0.25, -0.2) is 9.18 Å². The van der Waals surface area contributed by atoms with E-state index in [0.717, 1.165) is 17.5 Å². The molecule has 1 saturated carbocycles. The van der Waals surface area contributed by atoms with Crippen molar-refractivity contribution < 1.29 is 14.3 Å². The number of carboxylic acids is 1. The minimum Gasteiger partial charge on any atom is -0.478 e. The number of halogens is 1. The van der Waals surface area contributed by atoms with Crippen molar-refractivity contribution in [2.75, 3.05) is 7.05 Å². The molecule has 0 radical (unpaired) electrons. The molecule has 1 aliphatic rings. The molecule has 0 unspecified atom stereocenters. The van der Waals surface area contributed by atoms with Crippen molar-refractivity contribution in [2.24, 2.45) is 5.92 Å². The summed E-state index contributed by atoms with van der Waals surface area (Å²) in [6, 6.07) is 4.59. The van der Waals surface area contributed by atoms with Crippen molar-refractivity contribution in [2.45, 2.75) is 51.6 Å². The van der Waals surface area contributed by atoms with Gasteiger partial charge < -0.3 is 5.11 Å². The van der Waals surface area contributed by atoms with Crippen LogP contribution in [0.4, 0.5) is 4.39 Å². The Labute approximate surface area is 125 Å². The van der Waals surface area contributed by atoms with Gasteiger partial charge in [0.15, 0.2) is 0 Å². The van der Waals surface area contributed by atoms with Gasteiger partial charge in [-0.1, -0.05) is 13.3 Å². The summed E-state index contributed by atoms with van der Waals surface area (Å²) in [5, 5.41) is 8.99. The van der Waals surface area contributed by atoms with Crippen molar-refractivity contribution in [3.05, 3.63) is 35.1 Å². The molecule has 21 heavy (non-hydrogen) atoms. The highest BCUT2D eigenvalue weighted by atomic mass is 19.1. The summed E-state index contributed by atoms with van der Waals surface area (Å²) in [5.41, 5.74) is 0.751. The number of hydrogen-bond donors (Lipinski definition) is 1. The molecular weight excluding hydrogens is 269 g/mol. The maximum atomic E-state index is 13.5. The zero-order valence-corrected chi connectivity index (χ0v) is 12.8. The van der Waals surface area contributed by atoms with Gasteiger partial charge in [0.25, 0.3) is 0 Å². The molecule has 0 saturated heterocycles. The number of rotatable bonds is 5. The summed E-state index contributed by atoms with van der Waals surface area (Å²) < 4.78 is 13.5. The normalized spacial score (nSPS) is 22.5. The van der Waals surface area contributed by atoms with Crippen molar-refractivity contribution >= 4 is 5.97 Å². The van der Waals surface area contributed by atoms with Gasteiger partial charge in [0, 0.05) is 12.6 Å². The summed E-state index contributed by atoms with van der Waals surface area (Å²) in [5.74, 6) is -0.711. The summed E-state index contributed by atoms with van der Waals surface area (Å²) in [7, 11) is 2.04. The Bertz CT molecular complexity index is 496. The molecule has 0 aromatic heterocycles. The molecule has 0 amide bonds. The molecule has 0 spiro atoms. The van der Waals surface area contributed by atoms with E-state index in [1.165, 1.54) is 38.2 Å². The molecule has 0 heterocycles. The minimum absolute atomic E-state index is 0.0214. The number of carboxylic acid groups (broad SMARTS) is 1. The third-order valence-corrected chi connectivity index (χ3v) is 4.65. The van der Waals surface area contributed by atoms with Crippen LogP contribution in [-0.4, -0.2) is 29.1 Å². The summed E-state index contributed by atoms with van der Waals surface area (Å²) in [4.78, 5) is 13.2. The van der Waals surface area contributed by atoms with Crippen molar-refractivity contribution in [1.82, 2.24) is 4.90 Å². The monoisotopic (exact) mass is 293 g/mol. The fourth-order valence-electron chi connectivity index (χ4n) is 3.28. The lowest BCUT2D eigenvalue weighted by molar-refractivity contribution is 0.0696. The van der Waals surface area contributed by atoms with Crippen LogP contribution in [0.2, 0.25) is 0 Å². The van der Waals surface area contributed by atoms with E-state index in [2.05, 4.69) is 11.8 Å². The Morgan fingerprint density at radius 3 is 2.52 bits per heavy atom. The lowest BCUT2D eigenvalue weighted by Gasteiger charge is -2.34. The lowest BCUT2D eigenvalue weighted by atomic mass is 9.84. The van der Waals surface area contributed by atoms with E-state index in [9.17, 15) is 9.18 Å². The molecule has 4 heteroatoms. The quantitative estimate of drug-likeness (QED) is 0.894. The summed E-state index contributed by atoms with van der Waals surface area (Å²) in [6.07, 6.45) is 6.12. The van der Waals surface area contributed by atoms with Crippen LogP contribution < -0.4 is 0 Å². The van der Waals surface area contributed by atoms with Crippen LogP contribution in [0.25, 0.3) is 0 Å². The molecule has 1 N–H and O–H groups in total. The molecule has 1 fully saturated rings. The van der Waals surface area contributed by atoms with Gasteiger partial charge in [0.1, 0.15) is 5.82 Å². The molecule has 0 bridgehead atoms. The lowest BCUT2D eigenvalue weighted by Crippen LogP contribution is -2.34. The van der Waals surface area contributed by atoms with Crippen molar-refractivity contribution in [1.29, 1.82) is 0 Å². The maximum absolute atomic E-state index is 13.5. The summed E-state index contributed by atoms with van der Waals surface area (Å²) in [6.45, 7) is 2.84. The standard InChI is InChI=1S/C17H24FNO2/c1-3-12-4-6-16(7-5-12)19(2)11-13-8-14(17(20)21)10-15(18)9-13/h8-10,12,16H,3-7,11H2,1-2H3,(H,20,21). The van der Waals surface area contributed by atoms with E-state index >= 15 is 0 Å². The first-order chi connectivity index (χ1) is 9.99. The first kappa shape index (κ1) is 16.0. The summed E-state index contributed by atoms with van der Waals surface area (Å²) >= 11 is 0. The third kappa shape index (κ3) is 4.27. The first-order valence-electron chi connectivity index (χ1n) is 7.72. The van der Waals surface area contributed by atoms with Crippen molar-refractivity contribution in [3.63, 3.8) is 0 Å². The predicted molar refractivity (Wildman–Crippen MR) is 80.9 cm³/mol. The topological polar surface area (TPSA) is 40.5 Å². The number of hydrogen-bond acceptors (Lipinski definition) is 2. The van der Waals surface area contributed by atoms with E-state index < -0.39 is 11.8 Å². The molecule has 116 valence electrons. The van der Waals surface area contributed by atoms with Crippen LogP contribution in [0.5, 0.6) is 0 Å². The molecule has 1 aromatic rings. The average molecular weight is 293 g/mol. The second kappa shape index (κ2) is 7.03. The smallest absolute Gasteiger partial charge is 0.335 e. The fraction of sp³-hybridized carbons (Fsp3) is 0.588. The molecule has 0 atom stereocenters. The average Bonchev–Trinajstić information content (AvgIpc) is 2.46. The van der Waals surface area contributed by atoms with Gasteiger partial charge in [-0.2, -0.15) is 0 Å². The fourth-order valence-corrected chi connectivity index (χ4v) is 3.28. The van der Waals surface area contributed by atoms with Crippen LogP contribution in [0.3, 0.4) is 0 Å². The van der Waals surface area contributed by atoms with Crippen LogP contribution in [0, 0.1) is 11.7 Å². The first-order valence-corrected chi connectivity index (χ1v) is 7.72. The number of carbonyl (C=O) groups is 1. The van der Waals surface area contributed by atoms with E-state index in [1.807, 2.05) is 7.05 Å². The second-order valence-electron chi connectivity index (χ2n) is 6.15. The Morgan fingerprint density at radius 2 is 1.95 bits per heavy atom. The van der Waals surface area contributed by atoms with E-state index in [-0.39, 0.29) is 5.56 Å². The molecular formula is C17H24FNO2. The largest absolute Gasteiger partial charge is 0.478 e. The van der Waals surface area contributed by atoms with Gasteiger partial charge in [-0.15, -0.1) is 0 Å². The van der Waals surface area contributed by atoms with Gasteiger partial charge in [0.05, 0.1) is 5.56 Å². The van der Waals surface area contributed by atoms with Crippen LogP contribution in [0.1, 0.15) is 54.9 Å². The van der Waals surface area contributed by atoms with Gasteiger partial charge in [-0.05, 0) is 62.4 Å². The highest BCUT2D eigenvalue weighted by molar-refractivity contribution is 5.87. The Hall–Kier alpha value is -1.42. The van der Waals surface area contributed by atoms with Crippen LogP contribution >= 0.6 is 0 Å². The second-order valence-corrected chi connectivity index (χ2v) is 6.15. The maximum Gasteiger partial charge on any atom is 0.335 e. The molecule has 3 nitrogen and oxygen atoms in total. The van der Waals surface area contributed by atoms with Crippen LogP contribution in [0.15, 0.2) is 18.2 Å². The Balaban J connectivity index is 1.99. The molecule has 2 rings (SSSR count). The number of aromatic carboxylic acids is 1. The van der Waals surface area contributed by atoms with E-state index in [0.29, 0.717) is 12.6 Å². The van der Waals surface area contributed by atoms with Crippen molar-refractivity contribution in [3.8, 4) is 0 Å². The predicted octanol–water partition coefficient (Wildman–Crippen LogP) is 3.92.